The molecule has 3 aromatic rings. The summed E-state index contributed by atoms with van der Waals surface area (Å²) in [6.07, 6.45) is -1.25. The van der Waals surface area contributed by atoms with Crippen molar-refractivity contribution < 1.29 is 14.7 Å². The smallest absolute Gasteiger partial charge is 0.258 e. The molecule has 110 valence electrons. The number of H-pyrrole nitrogens is 1. The first kappa shape index (κ1) is 14.1. The second-order valence-electron chi connectivity index (χ2n) is 5.43. The van der Waals surface area contributed by atoms with E-state index in [1.807, 2.05) is 18.2 Å². The van der Waals surface area contributed by atoms with E-state index >= 15 is 0 Å². The Balaban J connectivity index is 1.98. The van der Waals surface area contributed by atoms with E-state index in [9.17, 15) is 10.2 Å². The summed E-state index contributed by atoms with van der Waals surface area (Å²) in [6, 6.07) is 7.30. The van der Waals surface area contributed by atoms with E-state index in [0.29, 0.717) is 16.5 Å². The number of halogens is 1. The van der Waals surface area contributed by atoms with Gasteiger partial charge in [0, 0.05) is 15.9 Å². The Labute approximate surface area is 125 Å². The molecule has 1 unspecified atom stereocenters. The summed E-state index contributed by atoms with van der Waals surface area (Å²) in [6.45, 7) is 2.93. The Morgan fingerprint density at radius 1 is 1.33 bits per heavy atom. The zero-order chi connectivity index (χ0) is 15.2. The average Bonchev–Trinajstić information content (AvgIpc) is 3.01. The van der Waals surface area contributed by atoms with Crippen molar-refractivity contribution in [2.75, 3.05) is 0 Å². The fourth-order valence-corrected chi connectivity index (χ4v) is 2.16. The predicted octanol–water partition coefficient (Wildman–Crippen LogP) is 2.68. The number of benzene rings is 1. The van der Waals surface area contributed by atoms with Crippen LogP contribution >= 0.6 is 11.6 Å². The molecule has 0 fully saturated rings. The van der Waals surface area contributed by atoms with Crippen LogP contribution in [-0.2, 0) is 0 Å². The molecule has 0 aliphatic carbocycles. The monoisotopic (exact) mass is 307 g/mol. The van der Waals surface area contributed by atoms with Gasteiger partial charge in [-0.05, 0) is 38.1 Å². The van der Waals surface area contributed by atoms with Gasteiger partial charge in [0.05, 0.1) is 11.3 Å². The van der Waals surface area contributed by atoms with Gasteiger partial charge in [0.25, 0.3) is 5.89 Å². The van der Waals surface area contributed by atoms with Crippen molar-refractivity contribution in [1.82, 2.24) is 15.1 Å². The maximum atomic E-state index is 9.92. The molecule has 1 aromatic carbocycles. The lowest BCUT2D eigenvalue weighted by atomic mass is 10.0. The quantitative estimate of drug-likeness (QED) is 0.691. The van der Waals surface area contributed by atoms with Crippen molar-refractivity contribution in [3.05, 3.63) is 35.2 Å². The van der Waals surface area contributed by atoms with Crippen molar-refractivity contribution in [1.29, 1.82) is 0 Å². The number of hydrogen-bond donors (Lipinski definition) is 3. The van der Waals surface area contributed by atoms with Gasteiger partial charge in [0.15, 0.2) is 6.10 Å². The lowest BCUT2D eigenvalue weighted by molar-refractivity contribution is -0.0640. The second kappa shape index (κ2) is 4.84. The van der Waals surface area contributed by atoms with E-state index in [2.05, 4.69) is 15.1 Å². The highest BCUT2D eigenvalue weighted by atomic mass is 35.5. The Kier molecular flexibility index (Phi) is 3.24. The number of rotatable bonds is 3. The molecule has 6 nitrogen and oxygen atoms in total. The summed E-state index contributed by atoms with van der Waals surface area (Å²) in [4.78, 5) is 7.25. The SMILES string of the molecule is CC(C)(O)C(O)c1nc(-c2cc3cc(Cl)ccc3[nH]2)no1. The number of aromatic amines is 1. The summed E-state index contributed by atoms with van der Waals surface area (Å²) in [5.74, 6) is 0.273. The summed E-state index contributed by atoms with van der Waals surface area (Å²) in [7, 11) is 0. The highest BCUT2D eigenvalue weighted by Crippen LogP contribution is 2.28. The van der Waals surface area contributed by atoms with Crippen molar-refractivity contribution in [3.63, 3.8) is 0 Å². The summed E-state index contributed by atoms with van der Waals surface area (Å²) < 4.78 is 5.01. The molecule has 3 rings (SSSR count). The topological polar surface area (TPSA) is 95.2 Å². The van der Waals surface area contributed by atoms with Crippen LogP contribution in [0.3, 0.4) is 0 Å². The van der Waals surface area contributed by atoms with E-state index in [0.717, 1.165) is 10.9 Å². The zero-order valence-corrected chi connectivity index (χ0v) is 12.2. The Bertz CT molecular complexity index is 788. The normalized spacial score (nSPS) is 13.8. The maximum absolute atomic E-state index is 9.92. The number of fused-ring (bicyclic) bond motifs is 1. The first-order valence-corrected chi connectivity index (χ1v) is 6.75. The molecular weight excluding hydrogens is 294 g/mol. The molecule has 0 aliphatic heterocycles. The molecule has 0 aliphatic rings. The largest absolute Gasteiger partial charge is 0.387 e. The summed E-state index contributed by atoms with van der Waals surface area (Å²) in [5, 5.41) is 25.1. The van der Waals surface area contributed by atoms with Crippen LogP contribution in [0.2, 0.25) is 5.02 Å². The van der Waals surface area contributed by atoms with E-state index in [-0.39, 0.29) is 5.89 Å². The van der Waals surface area contributed by atoms with Gasteiger partial charge in [-0.25, -0.2) is 0 Å². The van der Waals surface area contributed by atoms with Gasteiger partial charge >= 0.3 is 0 Å². The molecule has 0 spiro atoms. The number of hydrogen-bond acceptors (Lipinski definition) is 5. The third kappa shape index (κ3) is 2.65. The van der Waals surface area contributed by atoms with Gasteiger partial charge in [-0.3, -0.25) is 0 Å². The van der Waals surface area contributed by atoms with Crippen LogP contribution in [-0.4, -0.2) is 30.9 Å². The Hall–Kier alpha value is -1.89. The van der Waals surface area contributed by atoms with E-state index in [1.54, 1.807) is 6.07 Å². The minimum atomic E-state index is -1.36. The third-order valence-electron chi connectivity index (χ3n) is 3.17. The molecule has 0 amide bonds. The van der Waals surface area contributed by atoms with Crippen LogP contribution in [0.25, 0.3) is 22.4 Å². The van der Waals surface area contributed by atoms with E-state index in [4.69, 9.17) is 16.1 Å². The maximum Gasteiger partial charge on any atom is 0.258 e. The van der Waals surface area contributed by atoms with Crippen molar-refractivity contribution in [2.45, 2.75) is 25.6 Å². The molecule has 0 saturated carbocycles. The molecule has 3 N–H and O–H groups in total. The van der Waals surface area contributed by atoms with Crippen LogP contribution in [0, 0.1) is 0 Å². The van der Waals surface area contributed by atoms with Gasteiger partial charge < -0.3 is 19.7 Å². The van der Waals surface area contributed by atoms with Gasteiger partial charge in [0.1, 0.15) is 0 Å². The summed E-state index contributed by atoms with van der Waals surface area (Å²) >= 11 is 5.95. The predicted molar refractivity (Wildman–Crippen MR) is 77.9 cm³/mol. The second-order valence-corrected chi connectivity index (χ2v) is 5.86. The van der Waals surface area contributed by atoms with Gasteiger partial charge in [-0.15, -0.1) is 0 Å². The molecule has 0 saturated heterocycles. The van der Waals surface area contributed by atoms with Gasteiger partial charge in [-0.2, -0.15) is 4.98 Å². The first-order chi connectivity index (χ1) is 9.84. The van der Waals surface area contributed by atoms with Crippen LogP contribution in [0.1, 0.15) is 25.8 Å². The molecule has 7 heteroatoms. The number of aliphatic hydroxyl groups excluding tert-OH is 1. The Morgan fingerprint density at radius 3 is 2.81 bits per heavy atom. The molecule has 2 heterocycles. The fourth-order valence-electron chi connectivity index (χ4n) is 1.98. The molecule has 0 radical (unpaired) electrons. The van der Waals surface area contributed by atoms with Crippen molar-refractivity contribution >= 4 is 22.5 Å². The van der Waals surface area contributed by atoms with Crippen molar-refractivity contribution in [3.8, 4) is 11.5 Å². The Morgan fingerprint density at radius 2 is 2.10 bits per heavy atom. The van der Waals surface area contributed by atoms with Gasteiger partial charge in [-0.1, -0.05) is 16.8 Å². The molecule has 2 aromatic heterocycles. The number of nitrogens with zero attached hydrogens (tertiary/aromatic N) is 2. The van der Waals surface area contributed by atoms with Crippen LogP contribution in [0.4, 0.5) is 0 Å². The average molecular weight is 308 g/mol. The highest BCUT2D eigenvalue weighted by Gasteiger charge is 2.31. The number of nitrogens with one attached hydrogen (secondary N) is 1. The zero-order valence-electron chi connectivity index (χ0n) is 11.5. The van der Waals surface area contributed by atoms with Crippen LogP contribution in [0.15, 0.2) is 28.8 Å². The molecule has 1 atom stereocenters. The minimum Gasteiger partial charge on any atom is -0.387 e. The lowest BCUT2D eigenvalue weighted by Crippen LogP contribution is -2.28. The minimum absolute atomic E-state index is 0.0332. The molecule has 21 heavy (non-hydrogen) atoms. The van der Waals surface area contributed by atoms with Crippen LogP contribution in [0.5, 0.6) is 0 Å². The molecule has 0 bridgehead atoms. The van der Waals surface area contributed by atoms with E-state index in [1.165, 1.54) is 13.8 Å². The van der Waals surface area contributed by atoms with Crippen molar-refractivity contribution in [2.24, 2.45) is 0 Å². The standard InChI is InChI=1S/C14H14ClN3O3/c1-14(2,20)11(19)13-17-12(18-21-13)10-6-7-5-8(15)3-4-9(7)16-10/h3-6,11,16,19-20H,1-2H3. The third-order valence-corrected chi connectivity index (χ3v) is 3.40. The van der Waals surface area contributed by atoms with Crippen LogP contribution < -0.4 is 0 Å². The summed E-state index contributed by atoms with van der Waals surface area (Å²) in [5.41, 5.74) is 0.173. The number of aromatic nitrogens is 3. The first-order valence-electron chi connectivity index (χ1n) is 6.37. The lowest BCUT2D eigenvalue weighted by Gasteiger charge is -2.20. The highest BCUT2D eigenvalue weighted by molar-refractivity contribution is 6.31. The van der Waals surface area contributed by atoms with E-state index < -0.39 is 11.7 Å². The van der Waals surface area contributed by atoms with Gasteiger partial charge in [0.2, 0.25) is 5.82 Å². The molecular formula is C14H14ClN3O3. The fraction of sp³-hybridized carbons (Fsp3) is 0.286. The number of aliphatic hydroxyl groups is 2.